The van der Waals surface area contributed by atoms with Crippen LogP contribution in [0.3, 0.4) is 0 Å². The molecule has 2 aliphatic carbocycles. The van der Waals surface area contributed by atoms with E-state index in [-0.39, 0.29) is 0 Å². The summed E-state index contributed by atoms with van der Waals surface area (Å²) < 4.78 is 0. The van der Waals surface area contributed by atoms with E-state index in [0.29, 0.717) is 5.92 Å². The predicted octanol–water partition coefficient (Wildman–Crippen LogP) is 6.05. The zero-order valence-electron chi connectivity index (χ0n) is 13.2. The van der Waals surface area contributed by atoms with Crippen molar-refractivity contribution in [1.29, 1.82) is 0 Å². The van der Waals surface area contributed by atoms with Crippen molar-refractivity contribution >= 4 is 0 Å². The lowest BCUT2D eigenvalue weighted by Gasteiger charge is -2.29. The summed E-state index contributed by atoms with van der Waals surface area (Å²) in [5.74, 6) is 0.628. The molecule has 0 fully saturated rings. The molecule has 2 aromatic carbocycles. The lowest BCUT2D eigenvalue weighted by molar-refractivity contribution is 0.648. The van der Waals surface area contributed by atoms with Crippen molar-refractivity contribution in [2.45, 2.75) is 38.5 Å². The normalized spacial score (nSPS) is 19.8. The van der Waals surface area contributed by atoms with Crippen LogP contribution in [0.2, 0.25) is 0 Å². The Balaban J connectivity index is 1.72. The quantitative estimate of drug-likeness (QED) is 0.630. The van der Waals surface area contributed by atoms with Gasteiger partial charge in [0.1, 0.15) is 0 Å². The fraction of sp³-hybridized carbons (Fsp3) is 0.273. The largest absolute Gasteiger partial charge is 0.0813 e. The standard InChI is InChI=1S/C22H22/c1-16-7-6-8-17(13-16)14-19-15-18-9-2-3-10-20(18)22-12-5-4-11-21(19)22/h2-5,7,9-13,19H,6,8,14-15H2,1H3. The van der Waals surface area contributed by atoms with Crippen LogP contribution in [-0.2, 0) is 6.42 Å². The number of rotatable bonds is 2. The zero-order valence-corrected chi connectivity index (χ0v) is 13.2. The summed E-state index contributed by atoms with van der Waals surface area (Å²) in [4.78, 5) is 0. The van der Waals surface area contributed by atoms with Gasteiger partial charge < -0.3 is 0 Å². The minimum absolute atomic E-state index is 0.628. The van der Waals surface area contributed by atoms with E-state index in [1.54, 1.807) is 5.57 Å². The Morgan fingerprint density at radius 1 is 0.955 bits per heavy atom. The van der Waals surface area contributed by atoms with Crippen molar-refractivity contribution in [3.05, 3.63) is 83.0 Å². The monoisotopic (exact) mass is 286 g/mol. The average Bonchev–Trinajstić information content (AvgIpc) is 2.55. The van der Waals surface area contributed by atoms with Gasteiger partial charge in [0.2, 0.25) is 0 Å². The second kappa shape index (κ2) is 5.61. The molecule has 2 aromatic rings. The summed E-state index contributed by atoms with van der Waals surface area (Å²) in [7, 11) is 0. The van der Waals surface area contributed by atoms with Crippen LogP contribution >= 0.6 is 0 Å². The Kier molecular flexibility index (Phi) is 3.46. The van der Waals surface area contributed by atoms with Crippen LogP contribution in [0.5, 0.6) is 0 Å². The Morgan fingerprint density at radius 3 is 2.59 bits per heavy atom. The molecule has 1 atom stereocenters. The first-order chi connectivity index (χ1) is 10.8. The van der Waals surface area contributed by atoms with Crippen molar-refractivity contribution in [3.63, 3.8) is 0 Å². The Morgan fingerprint density at radius 2 is 1.73 bits per heavy atom. The van der Waals surface area contributed by atoms with Crippen molar-refractivity contribution < 1.29 is 0 Å². The molecule has 0 heterocycles. The van der Waals surface area contributed by atoms with E-state index in [9.17, 15) is 0 Å². The number of hydrogen-bond donors (Lipinski definition) is 0. The van der Waals surface area contributed by atoms with Gasteiger partial charge in [-0.1, -0.05) is 71.8 Å². The Bertz CT molecular complexity index is 761. The number of benzene rings is 2. The Hall–Kier alpha value is -2.08. The summed E-state index contributed by atoms with van der Waals surface area (Å²) >= 11 is 0. The smallest absolute Gasteiger partial charge is 0.00778 e. The van der Waals surface area contributed by atoms with E-state index in [0.717, 1.165) is 0 Å². The van der Waals surface area contributed by atoms with E-state index in [4.69, 9.17) is 0 Å². The molecule has 0 saturated heterocycles. The molecule has 0 N–H and O–H groups in total. The van der Waals surface area contributed by atoms with Crippen LogP contribution in [0.25, 0.3) is 11.1 Å². The molecular formula is C22H22. The molecule has 0 bridgehead atoms. The maximum absolute atomic E-state index is 2.41. The van der Waals surface area contributed by atoms with Crippen LogP contribution in [0.1, 0.15) is 43.2 Å². The molecule has 0 nitrogen and oxygen atoms in total. The maximum Gasteiger partial charge on any atom is -0.00778 e. The van der Waals surface area contributed by atoms with Gasteiger partial charge in [-0.05, 0) is 60.8 Å². The summed E-state index contributed by atoms with van der Waals surface area (Å²) in [6.45, 7) is 2.23. The first-order valence-electron chi connectivity index (χ1n) is 8.34. The van der Waals surface area contributed by atoms with Crippen LogP contribution in [0.15, 0.2) is 71.8 Å². The molecule has 4 rings (SSSR count). The zero-order chi connectivity index (χ0) is 14.9. The maximum atomic E-state index is 2.41. The van der Waals surface area contributed by atoms with Gasteiger partial charge in [0.15, 0.2) is 0 Å². The lowest BCUT2D eigenvalue weighted by atomic mass is 9.75. The van der Waals surface area contributed by atoms with Crippen molar-refractivity contribution in [2.75, 3.05) is 0 Å². The third kappa shape index (κ3) is 2.43. The van der Waals surface area contributed by atoms with E-state index < -0.39 is 0 Å². The van der Waals surface area contributed by atoms with Gasteiger partial charge in [-0.3, -0.25) is 0 Å². The Labute approximate surface area is 133 Å². The molecule has 0 amide bonds. The predicted molar refractivity (Wildman–Crippen MR) is 94.0 cm³/mol. The highest BCUT2D eigenvalue weighted by molar-refractivity contribution is 5.74. The van der Waals surface area contributed by atoms with Gasteiger partial charge >= 0.3 is 0 Å². The molecule has 0 spiro atoms. The number of fused-ring (bicyclic) bond motifs is 3. The number of hydrogen-bond acceptors (Lipinski definition) is 0. The second-order valence-electron chi connectivity index (χ2n) is 6.64. The fourth-order valence-corrected chi connectivity index (χ4v) is 4.03. The van der Waals surface area contributed by atoms with Crippen molar-refractivity contribution in [2.24, 2.45) is 0 Å². The van der Waals surface area contributed by atoms with E-state index in [1.807, 2.05) is 0 Å². The van der Waals surface area contributed by atoms with Gasteiger partial charge in [0, 0.05) is 0 Å². The van der Waals surface area contributed by atoms with Crippen LogP contribution in [-0.4, -0.2) is 0 Å². The summed E-state index contributed by atoms with van der Waals surface area (Å²) in [6.07, 6.45) is 9.59. The SMILES string of the molecule is CC1=CCCC(CC2Cc3ccccc3-c3ccccc32)=C1. The topological polar surface area (TPSA) is 0 Å². The van der Waals surface area contributed by atoms with Crippen LogP contribution in [0, 0.1) is 0 Å². The van der Waals surface area contributed by atoms with Gasteiger partial charge in [-0.2, -0.15) is 0 Å². The van der Waals surface area contributed by atoms with Gasteiger partial charge in [0.25, 0.3) is 0 Å². The average molecular weight is 286 g/mol. The lowest BCUT2D eigenvalue weighted by Crippen LogP contribution is -2.12. The van der Waals surface area contributed by atoms with Gasteiger partial charge in [-0.15, -0.1) is 0 Å². The molecule has 110 valence electrons. The summed E-state index contributed by atoms with van der Waals surface area (Å²) in [5.41, 5.74) is 8.98. The van der Waals surface area contributed by atoms with Crippen molar-refractivity contribution in [1.82, 2.24) is 0 Å². The van der Waals surface area contributed by atoms with Gasteiger partial charge in [-0.25, -0.2) is 0 Å². The first kappa shape index (κ1) is 13.6. The molecular weight excluding hydrogens is 264 g/mol. The molecule has 22 heavy (non-hydrogen) atoms. The molecule has 2 aliphatic rings. The third-order valence-corrected chi connectivity index (χ3v) is 5.05. The van der Waals surface area contributed by atoms with E-state index in [1.165, 1.54) is 53.5 Å². The molecule has 0 aromatic heterocycles. The minimum atomic E-state index is 0.628. The molecule has 1 unspecified atom stereocenters. The van der Waals surface area contributed by atoms with E-state index >= 15 is 0 Å². The van der Waals surface area contributed by atoms with Crippen LogP contribution < -0.4 is 0 Å². The number of allylic oxidation sites excluding steroid dienone is 4. The highest BCUT2D eigenvalue weighted by Gasteiger charge is 2.24. The van der Waals surface area contributed by atoms with Gasteiger partial charge in [0.05, 0.1) is 0 Å². The fourth-order valence-electron chi connectivity index (χ4n) is 4.03. The molecule has 0 saturated carbocycles. The summed E-state index contributed by atoms with van der Waals surface area (Å²) in [5, 5.41) is 0. The van der Waals surface area contributed by atoms with Crippen molar-refractivity contribution in [3.8, 4) is 11.1 Å². The van der Waals surface area contributed by atoms with E-state index in [2.05, 4.69) is 67.6 Å². The molecule has 0 heteroatoms. The third-order valence-electron chi connectivity index (χ3n) is 5.05. The first-order valence-corrected chi connectivity index (χ1v) is 8.34. The van der Waals surface area contributed by atoms with Crippen LogP contribution in [0.4, 0.5) is 0 Å². The molecule has 0 aliphatic heterocycles. The molecule has 0 radical (unpaired) electrons. The highest BCUT2D eigenvalue weighted by atomic mass is 14.3. The highest BCUT2D eigenvalue weighted by Crippen LogP contribution is 2.42. The second-order valence-corrected chi connectivity index (χ2v) is 6.64. The summed E-state index contributed by atoms with van der Waals surface area (Å²) in [6, 6.07) is 17.9. The minimum Gasteiger partial charge on any atom is -0.0813 e.